The Morgan fingerprint density at radius 2 is 1.41 bits per heavy atom. The van der Waals surface area contributed by atoms with Crippen molar-refractivity contribution in [2.24, 2.45) is 0 Å². The van der Waals surface area contributed by atoms with E-state index in [-0.39, 0.29) is 11.6 Å². The molecule has 114 valence electrons. The Bertz CT molecular complexity index is 702. The van der Waals surface area contributed by atoms with Gasteiger partial charge in [0, 0.05) is 16.1 Å². The van der Waals surface area contributed by atoms with Gasteiger partial charge in [0.05, 0.1) is 0 Å². The monoisotopic (exact) mass is 370 g/mol. The minimum Gasteiger partial charge on any atom is -0.507 e. The van der Waals surface area contributed by atoms with Crippen molar-refractivity contribution in [2.75, 3.05) is 0 Å². The average Bonchev–Trinajstić information content (AvgIpc) is 2.47. The van der Waals surface area contributed by atoms with E-state index in [1.807, 2.05) is 24.3 Å². The Morgan fingerprint density at radius 3 is 1.86 bits per heavy atom. The van der Waals surface area contributed by atoms with Crippen LogP contribution in [0, 0.1) is 0 Å². The molecular formula is C16H10BrF3O2. The van der Waals surface area contributed by atoms with Crippen molar-refractivity contribution in [1.29, 1.82) is 0 Å². The molecule has 0 heterocycles. The van der Waals surface area contributed by atoms with E-state index in [2.05, 4.69) is 15.9 Å². The number of hydrogen-bond donors (Lipinski definition) is 1. The van der Waals surface area contributed by atoms with E-state index in [1.54, 1.807) is 12.1 Å². The maximum Gasteiger partial charge on any atom is 0.454 e. The Kier molecular flexibility index (Phi) is 4.71. The van der Waals surface area contributed by atoms with E-state index in [4.69, 9.17) is 0 Å². The molecule has 0 fully saturated rings. The lowest BCUT2D eigenvalue weighted by Crippen LogP contribution is -2.20. The molecule has 2 nitrogen and oxygen atoms in total. The van der Waals surface area contributed by atoms with E-state index >= 15 is 0 Å². The van der Waals surface area contributed by atoms with E-state index in [9.17, 15) is 23.1 Å². The summed E-state index contributed by atoms with van der Waals surface area (Å²) in [6.45, 7) is 0. The van der Waals surface area contributed by atoms with Crippen LogP contribution in [0.3, 0.4) is 0 Å². The summed E-state index contributed by atoms with van der Waals surface area (Å²) < 4.78 is 37.3. The zero-order valence-electron chi connectivity index (χ0n) is 11.1. The van der Waals surface area contributed by atoms with Crippen LogP contribution in [-0.4, -0.2) is 17.1 Å². The first-order chi connectivity index (χ1) is 10.3. The van der Waals surface area contributed by atoms with Gasteiger partial charge in [-0.1, -0.05) is 52.3 Å². The Labute approximate surface area is 133 Å². The number of aliphatic hydroxyl groups excluding tert-OH is 1. The molecule has 2 aromatic carbocycles. The van der Waals surface area contributed by atoms with Crippen LogP contribution in [0.5, 0.6) is 0 Å². The number of alkyl halides is 3. The summed E-state index contributed by atoms with van der Waals surface area (Å²) in [5, 5.41) is 9.59. The Balaban J connectivity index is 2.23. The van der Waals surface area contributed by atoms with Crippen LogP contribution >= 0.6 is 15.9 Å². The van der Waals surface area contributed by atoms with Crippen LogP contribution in [0.2, 0.25) is 0 Å². The normalized spacial score (nSPS) is 12.3. The zero-order chi connectivity index (χ0) is 16.3. The number of allylic oxidation sites excluding steroid dienone is 1. The molecule has 0 aliphatic rings. The number of rotatable bonds is 3. The molecule has 0 unspecified atom stereocenters. The van der Waals surface area contributed by atoms with Crippen LogP contribution in [0.1, 0.15) is 5.56 Å². The van der Waals surface area contributed by atoms with Gasteiger partial charge in [-0.15, -0.1) is 0 Å². The van der Waals surface area contributed by atoms with Crippen molar-refractivity contribution in [3.05, 3.63) is 64.6 Å². The number of carbonyl (C=O) groups is 1. The van der Waals surface area contributed by atoms with Gasteiger partial charge in [0.25, 0.3) is 5.78 Å². The highest BCUT2D eigenvalue weighted by atomic mass is 79.9. The fourth-order valence-electron chi connectivity index (χ4n) is 1.77. The third-order valence-electron chi connectivity index (χ3n) is 2.91. The highest BCUT2D eigenvalue weighted by Crippen LogP contribution is 2.24. The second-order valence-corrected chi connectivity index (χ2v) is 5.39. The predicted octanol–water partition coefficient (Wildman–Crippen LogP) is 5.15. The first kappa shape index (κ1) is 16.3. The SMILES string of the molecule is O=C(/C=C(\O)c1ccc(-c2ccc(Br)cc2)cc1)C(F)(F)F. The molecular weight excluding hydrogens is 361 g/mol. The summed E-state index contributed by atoms with van der Waals surface area (Å²) in [7, 11) is 0. The van der Waals surface area contributed by atoms with Gasteiger partial charge in [0.2, 0.25) is 0 Å². The number of ketones is 1. The molecule has 0 amide bonds. The molecule has 0 saturated carbocycles. The van der Waals surface area contributed by atoms with Gasteiger partial charge < -0.3 is 5.11 Å². The number of aliphatic hydroxyl groups is 1. The molecule has 2 rings (SSSR count). The van der Waals surface area contributed by atoms with Crippen molar-refractivity contribution in [3.8, 4) is 11.1 Å². The molecule has 22 heavy (non-hydrogen) atoms. The molecule has 0 aromatic heterocycles. The van der Waals surface area contributed by atoms with Gasteiger partial charge in [0.1, 0.15) is 5.76 Å². The molecule has 2 aromatic rings. The fourth-order valence-corrected chi connectivity index (χ4v) is 2.03. The molecule has 0 aliphatic heterocycles. The van der Waals surface area contributed by atoms with Crippen molar-refractivity contribution < 1.29 is 23.1 Å². The van der Waals surface area contributed by atoms with Crippen LogP contribution in [0.25, 0.3) is 16.9 Å². The molecule has 0 saturated heterocycles. The summed E-state index contributed by atoms with van der Waals surface area (Å²) in [6.07, 6.45) is -4.82. The van der Waals surface area contributed by atoms with E-state index in [0.717, 1.165) is 15.6 Å². The van der Waals surface area contributed by atoms with E-state index in [1.165, 1.54) is 12.1 Å². The van der Waals surface area contributed by atoms with Crippen molar-refractivity contribution in [3.63, 3.8) is 0 Å². The van der Waals surface area contributed by atoms with Crippen molar-refractivity contribution in [1.82, 2.24) is 0 Å². The van der Waals surface area contributed by atoms with Crippen LogP contribution in [0.4, 0.5) is 13.2 Å². The summed E-state index contributed by atoms with van der Waals surface area (Å²) in [6, 6.07) is 13.7. The molecule has 0 radical (unpaired) electrons. The Hall–Kier alpha value is -2.08. The van der Waals surface area contributed by atoms with E-state index < -0.39 is 17.7 Å². The lowest BCUT2D eigenvalue weighted by molar-refractivity contribution is -0.165. The number of carbonyl (C=O) groups excluding carboxylic acids is 1. The maximum absolute atomic E-state index is 12.1. The van der Waals surface area contributed by atoms with Crippen LogP contribution in [0.15, 0.2) is 59.1 Å². The molecule has 1 N–H and O–H groups in total. The van der Waals surface area contributed by atoms with Gasteiger partial charge in [0.15, 0.2) is 0 Å². The third-order valence-corrected chi connectivity index (χ3v) is 3.43. The van der Waals surface area contributed by atoms with Gasteiger partial charge in [-0.2, -0.15) is 13.2 Å². The Morgan fingerprint density at radius 1 is 0.955 bits per heavy atom. The first-order valence-corrected chi connectivity index (χ1v) is 6.95. The minimum atomic E-state index is -4.99. The lowest BCUT2D eigenvalue weighted by Gasteiger charge is -2.05. The van der Waals surface area contributed by atoms with Crippen molar-refractivity contribution >= 4 is 27.5 Å². The number of hydrogen-bond acceptors (Lipinski definition) is 2. The topological polar surface area (TPSA) is 37.3 Å². The molecule has 0 aliphatic carbocycles. The average molecular weight is 371 g/mol. The van der Waals surface area contributed by atoms with Gasteiger partial charge >= 0.3 is 6.18 Å². The van der Waals surface area contributed by atoms with Gasteiger partial charge in [-0.05, 0) is 23.3 Å². The lowest BCUT2D eigenvalue weighted by atomic mass is 10.0. The van der Waals surface area contributed by atoms with Crippen LogP contribution in [-0.2, 0) is 4.79 Å². The van der Waals surface area contributed by atoms with Gasteiger partial charge in [-0.25, -0.2) is 0 Å². The number of benzene rings is 2. The van der Waals surface area contributed by atoms with Crippen molar-refractivity contribution in [2.45, 2.75) is 6.18 Å². The predicted molar refractivity (Wildman–Crippen MR) is 81.2 cm³/mol. The minimum absolute atomic E-state index is 0.137. The highest BCUT2D eigenvalue weighted by molar-refractivity contribution is 9.10. The van der Waals surface area contributed by atoms with E-state index in [0.29, 0.717) is 0 Å². The largest absolute Gasteiger partial charge is 0.507 e. The quantitative estimate of drug-likeness (QED) is 0.599. The first-order valence-electron chi connectivity index (χ1n) is 6.15. The smallest absolute Gasteiger partial charge is 0.454 e. The summed E-state index contributed by atoms with van der Waals surface area (Å²) in [4.78, 5) is 10.8. The summed E-state index contributed by atoms with van der Waals surface area (Å²) in [5.74, 6) is -2.81. The highest BCUT2D eigenvalue weighted by Gasteiger charge is 2.36. The molecule has 0 bridgehead atoms. The fraction of sp³-hybridized carbons (Fsp3) is 0.0625. The molecule has 0 spiro atoms. The summed E-state index contributed by atoms with van der Waals surface area (Å²) in [5.41, 5.74) is 1.90. The molecule has 6 heteroatoms. The van der Waals surface area contributed by atoms with Crippen LogP contribution < -0.4 is 0 Å². The zero-order valence-corrected chi connectivity index (χ0v) is 12.6. The second-order valence-electron chi connectivity index (χ2n) is 4.48. The second kappa shape index (κ2) is 6.36. The molecule has 0 atom stereocenters. The standard InChI is InChI=1S/C16H10BrF3O2/c17-13-7-5-11(6-8-13)10-1-3-12(4-2-10)14(21)9-15(22)16(18,19)20/h1-9,21H/b14-9-. The summed E-state index contributed by atoms with van der Waals surface area (Å²) >= 11 is 3.32. The number of halogens is 4. The maximum atomic E-state index is 12.1. The third kappa shape index (κ3) is 3.98. The van der Waals surface area contributed by atoms with Gasteiger partial charge in [-0.3, -0.25) is 4.79 Å².